The van der Waals surface area contributed by atoms with E-state index < -0.39 is 53.2 Å². The standard InChI is InChI=1S/C33H31F3N6O6/c1-20(2)27-30(44)40(18-22-9-5-8-21-7-3-4-10-24(21)22)31(48-32(45)33(34,35)36)28-39(15-6-14-38-16-13-37-19-38)26-12-11-23(42(46)47)17-25(26)29(43)41(27)28/h3-5,7-13,16-17,19-20,27-28,31H,6,14-15,18H2,1-2H3/t27-,28?,31?/m0/s1. The molecular weight excluding hydrogens is 633 g/mol. The number of hydrogen-bond donors (Lipinski definition) is 0. The number of benzene rings is 3. The molecule has 0 bridgehead atoms. The number of alkyl halides is 3. The van der Waals surface area contributed by atoms with Crippen LogP contribution in [0.4, 0.5) is 24.5 Å². The van der Waals surface area contributed by atoms with Crippen molar-refractivity contribution in [2.45, 2.75) is 58.0 Å². The molecule has 3 atom stereocenters. The lowest BCUT2D eigenvalue weighted by Crippen LogP contribution is -2.75. The second-order valence-electron chi connectivity index (χ2n) is 12.0. The lowest BCUT2D eigenvalue weighted by molar-refractivity contribution is -0.384. The number of aromatic nitrogens is 2. The molecule has 15 heteroatoms. The molecule has 3 aromatic carbocycles. The van der Waals surface area contributed by atoms with Crippen LogP contribution in [0.3, 0.4) is 0 Å². The summed E-state index contributed by atoms with van der Waals surface area (Å²) in [7, 11) is 0. The fraction of sp³-hybridized carbons (Fsp3) is 0.333. The molecule has 0 spiro atoms. The summed E-state index contributed by atoms with van der Waals surface area (Å²) in [5.41, 5.74) is 0.327. The van der Waals surface area contributed by atoms with Gasteiger partial charge in [-0.1, -0.05) is 56.3 Å². The summed E-state index contributed by atoms with van der Waals surface area (Å²) in [6, 6.07) is 15.1. The van der Waals surface area contributed by atoms with E-state index in [-0.39, 0.29) is 30.0 Å². The normalized spacial score (nSPS) is 19.5. The van der Waals surface area contributed by atoms with Gasteiger partial charge in [-0.3, -0.25) is 24.6 Å². The molecule has 4 aromatic rings. The maximum atomic E-state index is 14.4. The van der Waals surface area contributed by atoms with Crippen molar-refractivity contribution in [2.24, 2.45) is 5.92 Å². The van der Waals surface area contributed by atoms with Crippen LogP contribution in [0.1, 0.15) is 36.2 Å². The number of amides is 2. The van der Waals surface area contributed by atoms with Gasteiger partial charge in [0.15, 0.2) is 6.17 Å². The lowest BCUT2D eigenvalue weighted by Gasteiger charge is -2.56. The summed E-state index contributed by atoms with van der Waals surface area (Å²) in [6.07, 6.45) is -3.41. The van der Waals surface area contributed by atoms with Crippen molar-refractivity contribution in [1.29, 1.82) is 0 Å². The molecule has 0 saturated carbocycles. The summed E-state index contributed by atoms with van der Waals surface area (Å²) in [5, 5.41) is 13.3. The zero-order valence-electron chi connectivity index (χ0n) is 25.9. The van der Waals surface area contributed by atoms with E-state index in [0.717, 1.165) is 26.6 Å². The van der Waals surface area contributed by atoms with Gasteiger partial charge in [0.1, 0.15) is 6.04 Å². The van der Waals surface area contributed by atoms with Crippen LogP contribution in [-0.2, 0) is 27.4 Å². The first-order valence-electron chi connectivity index (χ1n) is 15.2. The van der Waals surface area contributed by atoms with Gasteiger partial charge in [0.25, 0.3) is 11.6 Å². The van der Waals surface area contributed by atoms with E-state index in [2.05, 4.69) is 4.98 Å². The molecule has 3 heterocycles. The number of carbonyl (C=O) groups excluding carboxylic acids is 3. The molecule has 6 rings (SSSR count). The average Bonchev–Trinajstić information content (AvgIpc) is 3.57. The summed E-state index contributed by atoms with van der Waals surface area (Å²) >= 11 is 0. The third kappa shape index (κ3) is 5.91. The molecule has 1 aromatic heterocycles. The Balaban J connectivity index is 1.52. The molecule has 2 aliphatic rings. The molecule has 0 aliphatic carbocycles. The summed E-state index contributed by atoms with van der Waals surface area (Å²) in [5.74, 6) is -4.60. The highest BCUT2D eigenvalue weighted by molar-refractivity contribution is 6.05. The van der Waals surface area contributed by atoms with Crippen molar-refractivity contribution in [3.8, 4) is 0 Å². The van der Waals surface area contributed by atoms with Crippen molar-refractivity contribution in [1.82, 2.24) is 19.4 Å². The molecule has 250 valence electrons. The highest BCUT2D eigenvalue weighted by atomic mass is 19.4. The van der Waals surface area contributed by atoms with Crippen molar-refractivity contribution < 1.29 is 37.2 Å². The van der Waals surface area contributed by atoms with Crippen LogP contribution in [-0.4, -0.2) is 73.2 Å². The van der Waals surface area contributed by atoms with Gasteiger partial charge in [-0.15, -0.1) is 0 Å². The minimum atomic E-state index is -5.41. The number of nitro groups is 1. The molecule has 2 unspecified atom stereocenters. The van der Waals surface area contributed by atoms with Crippen LogP contribution in [0, 0.1) is 16.0 Å². The number of nitro benzene ring substituents is 1. The predicted octanol–water partition coefficient (Wildman–Crippen LogP) is 5.12. The number of anilines is 1. The molecule has 2 amide bonds. The third-order valence-electron chi connectivity index (χ3n) is 8.65. The maximum Gasteiger partial charge on any atom is 0.491 e. The zero-order valence-corrected chi connectivity index (χ0v) is 25.9. The molecule has 0 N–H and O–H groups in total. The van der Waals surface area contributed by atoms with Gasteiger partial charge in [0, 0.05) is 37.6 Å². The first-order chi connectivity index (χ1) is 22.9. The zero-order chi connectivity index (χ0) is 34.3. The first-order valence-corrected chi connectivity index (χ1v) is 15.2. The minimum Gasteiger partial charge on any atom is -0.430 e. The number of aryl methyl sites for hydroxylation is 1. The van der Waals surface area contributed by atoms with E-state index in [1.807, 2.05) is 24.3 Å². The number of nitrogens with zero attached hydrogens (tertiary/aromatic N) is 6. The Morgan fingerprint density at radius 2 is 1.79 bits per heavy atom. The van der Waals surface area contributed by atoms with Crippen LogP contribution >= 0.6 is 0 Å². The van der Waals surface area contributed by atoms with E-state index in [1.165, 1.54) is 12.1 Å². The number of non-ortho nitro benzene ring substituents is 1. The Kier molecular flexibility index (Phi) is 8.54. The van der Waals surface area contributed by atoms with E-state index in [4.69, 9.17) is 4.74 Å². The van der Waals surface area contributed by atoms with Crippen molar-refractivity contribution in [3.05, 3.63) is 101 Å². The maximum absolute atomic E-state index is 14.4. The number of hydrogen-bond acceptors (Lipinski definition) is 8. The Labute approximate surface area is 272 Å². The summed E-state index contributed by atoms with van der Waals surface area (Å²) in [6.45, 7) is 3.69. The number of halogens is 3. The average molecular weight is 665 g/mol. The fourth-order valence-electron chi connectivity index (χ4n) is 6.55. The minimum absolute atomic E-state index is 0.0927. The topological polar surface area (TPSA) is 131 Å². The highest BCUT2D eigenvalue weighted by Gasteiger charge is 2.58. The predicted molar refractivity (Wildman–Crippen MR) is 166 cm³/mol. The number of ether oxygens (including phenoxy) is 1. The molecule has 12 nitrogen and oxygen atoms in total. The van der Waals surface area contributed by atoms with Crippen molar-refractivity contribution >= 4 is 39.9 Å². The van der Waals surface area contributed by atoms with Crippen molar-refractivity contribution in [3.63, 3.8) is 0 Å². The van der Waals surface area contributed by atoms with Gasteiger partial charge >= 0.3 is 12.1 Å². The number of imidazole rings is 1. The van der Waals surface area contributed by atoms with Crippen LogP contribution in [0.15, 0.2) is 79.4 Å². The third-order valence-corrected chi connectivity index (χ3v) is 8.65. The number of piperazine rings is 1. The summed E-state index contributed by atoms with van der Waals surface area (Å²) in [4.78, 5) is 60.2. The van der Waals surface area contributed by atoms with Gasteiger partial charge in [0.2, 0.25) is 12.1 Å². The molecule has 1 fully saturated rings. The summed E-state index contributed by atoms with van der Waals surface area (Å²) < 4.78 is 48.5. The van der Waals surface area contributed by atoms with Crippen LogP contribution in [0.5, 0.6) is 0 Å². The molecule has 1 saturated heterocycles. The quantitative estimate of drug-likeness (QED) is 0.137. The number of rotatable bonds is 9. The lowest BCUT2D eigenvalue weighted by atomic mass is 9.91. The molecular formula is C33H31F3N6O6. The Morgan fingerprint density at radius 1 is 1.04 bits per heavy atom. The number of esters is 1. The van der Waals surface area contributed by atoms with Gasteiger partial charge in [-0.05, 0) is 34.7 Å². The van der Waals surface area contributed by atoms with E-state index >= 15 is 0 Å². The Hall–Kier alpha value is -5.47. The second-order valence-corrected chi connectivity index (χ2v) is 12.0. The van der Waals surface area contributed by atoms with Gasteiger partial charge in [-0.2, -0.15) is 13.2 Å². The first kappa shape index (κ1) is 32.5. The SMILES string of the molecule is CC(C)[C@H]1C(=O)N(Cc2cccc3ccccc23)C(OC(=O)C(F)(F)F)C2N(CCCn3ccnc3)c3ccc([N+](=O)[O-])cc3C(=O)N21. The van der Waals surface area contributed by atoms with Gasteiger partial charge in [0.05, 0.1) is 29.0 Å². The van der Waals surface area contributed by atoms with Crippen LogP contribution < -0.4 is 4.90 Å². The van der Waals surface area contributed by atoms with Crippen molar-refractivity contribution in [2.75, 3.05) is 11.4 Å². The highest BCUT2D eigenvalue weighted by Crippen LogP contribution is 2.42. The monoisotopic (exact) mass is 664 g/mol. The molecule has 2 aliphatic heterocycles. The molecule has 48 heavy (non-hydrogen) atoms. The molecule has 0 radical (unpaired) electrons. The van der Waals surface area contributed by atoms with E-state index in [9.17, 15) is 37.7 Å². The Morgan fingerprint density at radius 3 is 2.48 bits per heavy atom. The fourth-order valence-corrected chi connectivity index (χ4v) is 6.55. The second kappa shape index (κ2) is 12.6. The van der Waals surface area contributed by atoms with Gasteiger partial charge in [-0.25, -0.2) is 9.78 Å². The van der Waals surface area contributed by atoms with Gasteiger partial charge < -0.3 is 19.1 Å². The van der Waals surface area contributed by atoms with E-state index in [0.29, 0.717) is 18.5 Å². The number of fused-ring (bicyclic) bond motifs is 3. The number of carbonyl (C=O) groups is 3. The van der Waals surface area contributed by atoms with E-state index in [1.54, 1.807) is 60.2 Å². The largest absolute Gasteiger partial charge is 0.491 e. The van der Waals surface area contributed by atoms with Crippen LogP contribution in [0.25, 0.3) is 10.8 Å². The smallest absolute Gasteiger partial charge is 0.430 e. The Bertz CT molecular complexity index is 1880. The van der Waals surface area contributed by atoms with Crippen LogP contribution in [0.2, 0.25) is 0 Å².